The molecule has 0 radical (unpaired) electrons. The minimum absolute atomic E-state index is 0.338. The largest absolute Gasteiger partial charge is 0.455 e. The number of aliphatic hydroxyl groups is 1. The van der Waals surface area contributed by atoms with E-state index in [1.807, 2.05) is 0 Å². The highest BCUT2D eigenvalue weighted by molar-refractivity contribution is 7.99. The Bertz CT molecular complexity index is 493. The number of unbranched alkanes of at least 4 members (excludes halogenated alkanes) is 3. The summed E-state index contributed by atoms with van der Waals surface area (Å²) in [5, 5.41) is 8.85. The highest BCUT2D eigenvalue weighted by atomic mass is 32.2. The molecule has 0 amide bonds. The lowest BCUT2D eigenvalue weighted by Crippen LogP contribution is -2.46. The summed E-state index contributed by atoms with van der Waals surface area (Å²) in [7, 11) is -3.26. The summed E-state index contributed by atoms with van der Waals surface area (Å²) >= 11 is 2.10. The van der Waals surface area contributed by atoms with Gasteiger partial charge in [0.1, 0.15) is 0 Å². The summed E-state index contributed by atoms with van der Waals surface area (Å²) in [6.07, 6.45) is 5.84. The van der Waals surface area contributed by atoms with E-state index in [0.717, 1.165) is 12.8 Å². The fourth-order valence-corrected chi connectivity index (χ4v) is 15.1. The predicted octanol–water partition coefficient (Wildman–Crippen LogP) is 6.89. The Morgan fingerprint density at radius 2 is 1.63 bits per heavy atom. The lowest BCUT2D eigenvalue weighted by atomic mass is 9.99. The molecule has 0 fully saturated rings. The van der Waals surface area contributed by atoms with Gasteiger partial charge in [-0.15, -0.1) is 0 Å². The van der Waals surface area contributed by atoms with Crippen molar-refractivity contribution in [3.63, 3.8) is 0 Å². The summed E-state index contributed by atoms with van der Waals surface area (Å²) in [5.41, 5.74) is 1.48. The van der Waals surface area contributed by atoms with Gasteiger partial charge in [0.25, 0.3) is 0 Å². The van der Waals surface area contributed by atoms with Crippen molar-refractivity contribution in [2.24, 2.45) is 0 Å². The summed E-state index contributed by atoms with van der Waals surface area (Å²) < 4.78 is 6.88. The van der Waals surface area contributed by atoms with Crippen molar-refractivity contribution >= 4 is 28.4 Å². The van der Waals surface area contributed by atoms with Gasteiger partial charge in [-0.25, -0.2) is 0 Å². The van der Waals surface area contributed by atoms with E-state index < -0.39 is 16.6 Å². The molecule has 2 unspecified atom stereocenters. The second kappa shape index (κ2) is 13.2. The number of rotatable bonds is 15. The van der Waals surface area contributed by atoms with E-state index in [9.17, 15) is 0 Å². The van der Waals surface area contributed by atoms with Crippen LogP contribution in [0.15, 0.2) is 30.3 Å². The van der Waals surface area contributed by atoms with Crippen molar-refractivity contribution in [2.75, 3.05) is 18.1 Å². The normalized spacial score (nSPS) is 15.5. The molecule has 0 aliphatic carbocycles. The topological polar surface area (TPSA) is 29.5 Å². The molecule has 2 atom stereocenters. The Kier molecular flexibility index (Phi) is 12.2. The molecule has 27 heavy (non-hydrogen) atoms. The average Bonchev–Trinajstić information content (AvgIpc) is 2.61. The Morgan fingerprint density at radius 3 is 2.22 bits per heavy atom. The van der Waals surface area contributed by atoms with Crippen molar-refractivity contribution in [1.82, 2.24) is 0 Å². The minimum Gasteiger partial charge on any atom is -0.455 e. The van der Waals surface area contributed by atoms with E-state index in [-0.39, 0.29) is 0 Å². The Labute approximate surface area is 174 Å². The van der Waals surface area contributed by atoms with Gasteiger partial charge in [0.05, 0.1) is 0 Å². The molecule has 0 saturated carbocycles. The lowest BCUT2D eigenvalue weighted by Gasteiger charge is -2.37. The molecule has 0 bridgehead atoms. The second-order valence-electron chi connectivity index (χ2n) is 8.88. The van der Waals surface area contributed by atoms with Crippen LogP contribution in [0.5, 0.6) is 0 Å². The van der Waals surface area contributed by atoms with E-state index in [2.05, 4.69) is 75.2 Å². The molecule has 1 rings (SSSR count). The van der Waals surface area contributed by atoms with Crippen LogP contribution in [0.1, 0.15) is 50.5 Å². The van der Waals surface area contributed by atoms with Gasteiger partial charge in [0, 0.05) is 6.61 Å². The van der Waals surface area contributed by atoms with Gasteiger partial charge in [-0.05, 0) is 80.5 Å². The summed E-state index contributed by atoms with van der Waals surface area (Å²) in [6.45, 7) is 12.2. The van der Waals surface area contributed by atoms with Crippen molar-refractivity contribution < 1.29 is 9.22 Å². The van der Waals surface area contributed by atoms with Gasteiger partial charge < -0.3 is 9.22 Å². The van der Waals surface area contributed by atoms with E-state index in [1.165, 1.54) is 48.4 Å². The van der Waals surface area contributed by atoms with Crippen molar-refractivity contribution in [1.29, 1.82) is 0 Å². The fraction of sp³-hybridized carbons (Fsp3) is 0.727. The van der Waals surface area contributed by atoms with E-state index in [0.29, 0.717) is 12.5 Å². The molecule has 0 aliphatic heterocycles. The monoisotopic (exact) mass is 426 g/mol. The third kappa shape index (κ3) is 11.5. The summed E-state index contributed by atoms with van der Waals surface area (Å²) in [6, 6.07) is 13.5. The molecule has 1 N–H and O–H groups in total. The smallest absolute Gasteiger partial charge is 0.177 e. The van der Waals surface area contributed by atoms with Crippen LogP contribution in [0.25, 0.3) is 0 Å². The number of benzene rings is 1. The fourth-order valence-electron chi connectivity index (χ4n) is 3.74. The quantitative estimate of drug-likeness (QED) is 0.244. The van der Waals surface area contributed by atoms with Crippen LogP contribution in [-0.4, -0.2) is 39.9 Å². The van der Waals surface area contributed by atoms with Gasteiger partial charge in [0.15, 0.2) is 16.6 Å². The Balaban J connectivity index is 2.58. The van der Waals surface area contributed by atoms with Crippen LogP contribution in [0.2, 0.25) is 38.3 Å². The maximum absolute atomic E-state index is 8.85. The zero-order chi connectivity index (χ0) is 20.2. The van der Waals surface area contributed by atoms with Crippen LogP contribution >= 0.6 is 11.8 Å². The van der Waals surface area contributed by atoms with E-state index in [4.69, 9.17) is 9.22 Å². The third-order valence-electron chi connectivity index (χ3n) is 4.97. The number of hydrogen-bond acceptors (Lipinski definition) is 3. The molecule has 0 aliphatic rings. The molecule has 0 spiro atoms. The SMILES string of the molecule is CCC(C[Si](C)(CCSCCCCCCO)O[Si](C)(C)C)c1ccccc1. The van der Waals surface area contributed by atoms with E-state index in [1.54, 1.807) is 0 Å². The maximum Gasteiger partial charge on any atom is 0.177 e. The van der Waals surface area contributed by atoms with Crippen molar-refractivity contribution in [3.8, 4) is 0 Å². The molecular formula is C22H42O2SSi2. The zero-order valence-corrected chi connectivity index (χ0v) is 21.1. The number of thioether (sulfide) groups is 1. The molecule has 5 heteroatoms. The zero-order valence-electron chi connectivity index (χ0n) is 18.3. The van der Waals surface area contributed by atoms with Crippen LogP contribution in [0, 0.1) is 0 Å². The maximum atomic E-state index is 8.85. The molecule has 156 valence electrons. The van der Waals surface area contributed by atoms with Crippen LogP contribution in [0.4, 0.5) is 0 Å². The first-order valence-electron chi connectivity index (χ1n) is 10.7. The Morgan fingerprint density at radius 1 is 0.963 bits per heavy atom. The minimum atomic E-state index is -1.73. The molecule has 0 saturated heterocycles. The first kappa shape index (κ1) is 25.0. The van der Waals surface area contributed by atoms with Gasteiger partial charge in [-0.2, -0.15) is 11.8 Å². The first-order valence-corrected chi connectivity index (χ1v) is 18.1. The van der Waals surface area contributed by atoms with Crippen LogP contribution in [0.3, 0.4) is 0 Å². The highest BCUT2D eigenvalue weighted by Crippen LogP contribution is 2.34. The molecule has 2 nitrogen and oxygen atoms in total. The van der Waals surface area contributed by atoms with E-state index >= 15 is 0 Å². The number of aliphatic hydroxyl groups excluding tert-OH is 1. The van der Waals surface area contributed by atoms with Gasteiger partial charge in [-0.3, -0.25) is 0 Å². The van der Waals surface area contributed by atoms with Crippen LogP contribution in [-0.2, 0) is 4.12 Å². The lowest BCUT2D eigenvalue weighted by molar-refractivity contribution is 0.283. The summed E-state index contributed by atoms with van der Waals surface area (Å²) in [4.78, 5) is 0. The van der Waals surface area contributed by atoms with Gasteiger partial charge in [-0.1, -0.05) is 50.1 Å². The number of hydrogen-bond donors (Lipinski definition) is 1. The molecule has 0 aromatic heterocycles. The third-order valence-corrected chi connectivity index (χ3v) is 13.5. The van der Waals surface area contributed by atoms with Gasteiger partial charge >= 0.3 is 0 Å². The highest BCUT2D eigenvalue weighted by Gasteiger charge is 2.36. The molecule has 1 aromatic rings. The molecular weight excluding hydrogens is 384 g/mol. The summed E-state index contributed by atoms with van der Waals surface area (Å²) in [5.74, 6) is 3.11. The molecule has 0 heterocycles. The van der Waals surface area contributed by atoms with Gasteiger partial charge in [0.2, 0.25) is 0 Å². The van der Waals surface area contributed by atoms with Crippen molar-refractivity contribution in [2.45, 2.75) is 83.2 Å². The van der Waals surface area contributed by atoms with Crippen LogP contribution < -0.4 is 0 Å². The average molecular weight is 427 g/mol. The predicted molar refractivity (Wildman–Crippen MR) is 128 cm³/mol. The standard InChI is InChI=1S/C22H42O2SSi2/c1-6-21(22-14-10-9-11-15-22)20-27(5,24-26(2,3)4)19-18-25-17-13-8-7-12-16-23/h9-11,14-15,21,23H,6-8,12-13,16-20H2,1-5H3. The first-order chi connectivity index (χ1) is 12.8. The Hall–Kier alpha value is -0.0762. The second-order valence-corrected chi connectivity index (χ2v) is 19.0. The molecule has 1 aromatic carbocycles. The van der Waals surface area contributed by atoms with Crippen molar-refractivity contribution in [3.05, 3.63) is 35.9 Å².